The molecule has 1 aliphatic rings. The lowest BCUT2D eigenvalue weighted by Crippen LogP contribution is -2.28. The molecule has 0 fully saturated rings. The van der Waals surface area contributed by atoms with Crippen molar-refractivity contribution < 1.29 is 0 Å². The third kappa shape index (κ3) is 5.13. The van der Waals surface area contributed by atoms with Crippen LogP contribution in [0.2, 0.25) is 0 Å². The Hall–Kier alpha value is -7.10. The van der Waals surface area contributed by atoms with E-state index in [1.54, 1.807) is 0 Å². The van der Waals surface area contributed by atoms with Crippen LogP contribution in [-0.4, -0.2) is 9.97 Å². The Kier molecular flexibility index (Phi) is 7.70. The third-order valence-corrected chi connectivity index (χ3v) is 10.7. The largest absolute Gasteiger partial charge is 0.310 e. The predicted molar refractivity (Wildman–Crippen MR) is 222 cm³/mol. The Labute approximate surface area is 315 Å². The summed E-state index contributed by atoms with van der Waals surface area (Å²) >= 11 is 0. The van der Waals surface area contributed by atoms with Gasteiger partial charge in [0, 0.05) is 28.2 Å². The zero-order valence-electron chi connectivity index (χ0n) is 29.5. The molecule has 10 rings (SSSR count). The Balaban J connectivity index is 1.26. The van der Waals surface area contributed by atoms with E-state index in [2.05, 4.69) is 193 Å². The van der Waals surface area contributed by atoms with Gasteiger partial charge in [-0.15, -0.1) is 0 Å². The number of nitrogens with zero attached hydrogens (tertiary/aromatic N) is 3. The van der Waals surface area contributed by atoms with Crippen LogP contribution >= 0.6 is 0 Å². The van der Waals surface area contributed by atoms with Crippen molar-refractivity contribution in [2.75, 3.05) is 4.90 Å². The molecule has 8 aromatic carbocycles. The quantitative estimate of drug-likeness (QED) is 0.167. The lowest BCUT2D eigenvalue weighted by atomic mass is 9.67. The van der Waals surface area contributed by atoms with Crippen LogP contribution in [-0.2, 0) is 5.41 Å². The first-order chi connectivity index (χ1) is 26.8. The molecule has 9 aromatic rings. The monoisotopic (exact) mass is 689 g/mol. The molecule has 254 valence electrons. The van der Waals surface area contributed by atoms with Crippen LogP contribution in [0, 0.1) is 0 Å². The number of anilines is 3. The standard InChI is InChI=1S/C51H35N3/c1-6-18-36(19-7-1)49-50(53-48-29-17-16-28-47(48)52-49)37-30-32-43-44-33-31-42(54(40-24-12-4-13-25-40)41-26-14-5-15-27-41)35-46(44)51(45(43)34-37,38-20-8-2-9-21-38)39-22-10-3-11-23-39/h1-35H. The minimum atomic E-state index is -0.616. The highest BCUT2D eigenvalue weighted by Crippen LogP contribution is 2.58. The predicted octanol–water partition coefficient (Wildman–Crippen LogP) is 12.8. The molecule has 0 saturated carbocycles. The first-order valence-corrected chi connectivity index (χ1v) is 18.4. The van der Waals surface area contributed by atoms with Crippen molar-refractivity contribution in [2.45, 2.75) is 5.41 Å². The maximum atomic E-state index is 5.32. The first kappa shape index (κ1) is 31.6. The lowest BCUT2D eigenvalue weighted by Gasteiger charge is -2.35. The molecule has 0 amide bonds. The molecule has 0 spiro atoms. The molecule has 0 aliphatic heterocycles. The van der Waals surface area contributed by atoms with Gasteiger partial charge in [0.2, 0.25) is 0 Å². The Morgan fingerprint density at radius 1 is 0.333 bits per heavy atom. The van der Waals surface area contributed by atoms with E-state index in [1.165, 1.54) is 33.4 Å². The maximum absolute atomic E-state index is 5.32. The van der Waals surface area contributed by atoms with Gasteiger partial charge >= 0.3 is 0 Å². The molecule has 0 atom stereocenters. The summed E-state index contributed by atoms with van der Waals surface area (Å²) in [5.41, 5.74) is 15.6. The van der Waals surface area contributed by atoms with Crippen molar-refractivity contribution >= 4 is 28.1 Å². The highest BCUT2D eigenvalue weighted by Gasteiger charge is 2.46. The highest BCUT2D eigenvalue weighted by molar-refractivity contribution is 5.93. The molecule has 0 radical (unpaired) electrons. The van der Waals surface area contributed by atoms with E-state index in [0.717, 1.165) is 50.6 Å². The number of hydrogen-bond donors (Lipinski definition) is 0. The SMILES string of the molecule is c1ccc(-c2nc3ccccc3nc2-c2ccc3c(c2)C(c2ccccc2)(c2ccccc2)c2cc(N(c4ccccc4)c4ccccc4)ccc2-3)cc1. The summed E-state index contributed by atoms with van der Waals surface area (Å²) in [5, 5.41) is 0. The van der Waals surface area contributed by atoms with E-state index in [9.17, 15) is 0 Å². The van der Waals surface area contributed by atoms with Crippen LogP contribution in [0.5, 0.6) is 0 Å². The fourth-order valence-electron chi connectivity index (χ4n) is 8.36. The van der Waals surface area contributed by atoms with E-state index in [1.807, 2.05) is 24.3 Å². The van der Waals surface area contributed by atoms with Crippen molar-refractivity contribution in [3.63, 3.8) is 0 Å². The van der Waals surface area contributed by atoms with E-state index >= 15 is 0 Å². The molecule has 3 nitrogen and oxygen atoms in total. The lowest BCUT2D eigenvalue weighted by molar-refractivity contribution is 0.768. The molecular weight excluding hydrogens is 655 g/mol. The van der Waals surface area contributed by atoms with Gasteiger partial charge in [0.05, 0.1) is 27.8 Å². The Morgan fingerprint density at radius 2 is 0.759 bits per heavy atom. The molecule has 1 heterocycles. The smallest absolute Gasteiger partial charge is 0.0973 e. The van der Waals surface area contributed by atoms with Gasteiger partial charge in [0.1, 0.15) is 0 Å². The minimum Gasteiger partial charge on any atom is -0.310 e. The van der Waals surface area contributed by atoms with Crippen LogP contribution in [0.3, 0.4) is 0 Å². The molecule has 3 heteroatoms. The van der Waals surface area contributed by atoms with Gasteiger partial charge in [-0.25, -0.2) is 9.97 Å². The zero-order valence-corrected chi connectivity index (χ0v) is 29.5. The van der Waals surface area contributed by atoms with Crippen LogP contribution in [0.15, 0.2) is 212 Å². The van der Waals surface area contributed by atoms with Gasteiger partial charge in [-0.05, 0) is 88.0 Å². The van der Waals surface area contributed by atoms with Crippen molar-refractivity contribution in [3.8, 4) is 33.6 Å². The average Bonchev–Trinajstić information content (AvgIpc) is 3.55. The minimum absolute atomic E-state index is 0.616. The zero-order chi connectivity index (χ0) is 35.9. The van der Waals surface area contributed by atoms with Crippen molar-refractivity contribution in [2.24, 2.45) is 0 Å². The van der Waals surface area contributed by atoms with E-state index < -0.39 is 5.41 Å². The highest BCUT2D eigenvalue weighted by atomic mass is 15.1. The van der Waals surface area contributed by atoms with Gasteiger partial charge in [-0.3, -0.25) is 0 Å². The van der Waals surface area contributed by atoms with Crippen LogP contribution < -0.4 is 4.90 Å². The van der Waals surface area contributed by atoms with Crippen molar-refractivity contribution in [1.29, 1.82) is 0 Å². The van der Waals surface area contributed by atoms with E-state index in [0.29, 0.717) is 0 Å². The fraction of sp³-hybridized carbons (Fsp3) is 0.0196. The van der Waals surface area contributed by atoms with Crippen LogP contribution in [0.4, 0.5) is 17.1 Å². The molecule has 0 unspecified atom stereocenters. The Bertz CT molecular complexity index is 2670. The van der Waals surface area contributed by atoms with Gasteiger partial charge in [0.25, 0.3) is 0 Å². The van der Waals surface area contributed by atoms with Crippen LogP contribution in [0.25, 0.3) is 44.7 Å². The number of hydrogen-bond acceptors (Lipinski definition) is 3. The summed E-state index contributed by atoms with van der Waals surface area (Å²) in [6, 6.07) is 75.7. The summed E-state index contributed by atoms with van der Waals surface area (Å²) in [6.07, 6.45) is 0. The summed E-state index contributed by atoms with van der Waals surface area (Å²) < 4.78 is 0. The number of fused-ring (bicyclic) bond motifs is 4. The second-order valence-electron chi connectivity index (χ2n) is 13.8. The number of benzene rings is 8. The summed E-state index contributed by atoms with van der Waals surface area (Å²) in [7, 11) is 0. The molecule has 0 bridgehead atoms. The van der Waals surface area contributed by atoms with Gasteiger partial charge in [0.15, 0.2) is 0 Å². The van der Waals surface area contributed by atoms with Gasteiger partial charge < -0.3 is 4.90 Å². The second-order valence-corrected chi connectivity index (χ2v) is 13.8. The topological polar surface area (TPSA) is 29.0 Å². The maximum Gasteiger partial charge on any atom is 0.0973 e. The van der Waals surface area contributed by atoms with Gasteiger partial charge in [-0.1, -0.05) is 158 Å². The average molecular weight is 690 g/mol. The summed E-state index contributed by atoms with van der Waals surface area (Å²) in [4.78, 5) is 12.9. The first-order valence-electron chi connectivity index (χ1n) is 18.4. The number of para-hydroxylation sites is 4. The molecule has 1 aliphatic carbocycles. The normalized spacial score (nSPS) is 12.6. The van der Waals surface area contributed by atoms with E-state index in [-0.39, 0.29) is 0 Å². The molecular formula is C51H35N3. The summed E-state index contributed by atoms with van der Waals surface area (Å²) in [5.74, 6) is 0. The van der Waals surface area contributed by atoms with E-state index in [4.69, 9.17) is 9.97 Å². The fourth-order valence-corrected chi connectivity index (χ4v) is 8.36. The molecule has 54 heavy (non-hydrogen) atoms. The van der Waals surface area contributed by atoms with Gasteiger partial charge in [-0.2, -0.15) is 0 Å². The Morgan fingerprint density at radius 3 is 1.30 bits per heavy atom. The second kappa shape index (κ2) is 13.1. The third-order valence-electron chi connectivity index (χ3n) is 10.7. The number of aromatic nitrogens is 2. The molecule has 0 N–H and O–H groups in total. The molecule has 1 aromatic heterocycles. The summed E-state index contributed by atoms with van der Waals surface area (Å²) in [6.45, 7) is 0. The van der Waals surface area contributed by atoms with Crippen molar-refractivity contribution in [1.82, 2.24) is 9.97 Å². The molecule has 0 saturated heterocycles. The van der Waals surface area contributed by atoms with Crippen molar-refractivity contribution in [3.05, 3.63) is 235 Å². The number of rotatable bonds is 7. The van der Waals surface area contributed by atoms with Crippen LogP contribution in [0.1, 0.15) is 22.3 Å².